The van der Waals surface area contributed by atoms with Gasteiger partial charge in [0, 0.05) is 63.6 Å². The van der Waals surface area contributed by atoms with E-state index >= 15 is 0 Å². The first-order chi connectivity index (χ1) is 13.1. The van der Waals surface area contributed by atoms with Crippen molar-refractivity contribution >= 4 is 11.7 Å². The van der Waals surface area contributed by atoms with Gasteiger partial charge in [0.1, 0.15) is 11.6 Å². The van der Waals surface area contributed by atoms with Crippen LogP contribution in [-0.4, -0.2) is 72.8 Å². The predicted octanol–water partition coefficient (Wildman–Crippen LogP) is 1.54. The SMILES string of the molecule is CCCc1cc(N2CCC(N[C@H]3CC(=O)N(CCOC)C3)CC2)nc(C)n1. The van der Waals surface area contributed by atoms with Gasteiger partial charge in [-0.05, 0) is 26.2 Å². The smallest absolute Gasteiger partial charge is 0.224 e. The molecule has 1 aromatic heterocycles. The lowest BCUT2D eigenvalue weighted by Gasteiger charge is -2.34. The lowest BCUT2D eigenvalue weighted by atomic mass is 10.0. The van der Waals surface area contributed by atoms with E-state index in [0.29, 0.717) is 25.6 Å². The maximum Gasteiger partial charge on any atom is 0.224 e. The molecule has 1 atom stereocenters. The first-order valence-electron chi connectivity index (χ1n) is 10.2. The van der Waals surface area contributed by atoms with Crippen molar-refractivity contribution in [3.05, 3.63) is 17.6 Å². The van der Waals surface area contributed by atoms with E-state index in [0.717, 1.165) is 62.7 Å². The van der Waals surface area contributed by atoms with E-state index in [-0.39, 0.29) is 11.9 Å². The minimum atomic E-state index is 0.238. The number of hydrogen-bond acceptors (Lipinski definition) is 6. The highest BCUT2D eigenvalue weighted by Gasteiger charge is 2.31. The quantitative estimate of drug-likeness (QED) is 0.743. The molecule has 1 amide bonds. The average molecular weight is 376 g/mol. The average Bonchev–Trinajstić information content (AvgIpc) is 2.99. The molecule has 27 heavy (non-hydrogen) atoms. The Morgan fingerprint density at radius 1 is 1.26 bits per heavy atom. The van der Waals surface area contributed by atoms with Gasteiger partial charge in [0.25, 0.3) is 0 Å². The first-order valence-corrected chi connectivity index (χ1v) is 10.2. The number of anilines is 1. The minimum Gasteiger partial charge on any atom is -0.383 e. The summed E-state index contributed by atoms with van der Waals surface area (Å²) in [5.41, 5.74) is 1.14. The largest absolute Gasteiger partial charge is 0.383 e. The van der Waals surface area contributed by atoms with E-state index in [9.17, 15) is 4.79 Å². The summed E-state index contributed by atoms with van der Waals surface area (Å²) in [5, 5.41) is 3.71. The number of likely N-dealkylation sites (tertiary alicyclic amines) is 1. The summed E-state index contributed by atoms with van der Waals surface area (Å²) in [6.07, 6.45) is 4.87. The molecule has 2 saturated heterocycles. The van der Waals surface area contributed by atoms with Crippen LogP contribution in [0.5, 0.6) is 0 Å². The summed E-state index contributed by atoms with van der Waals surface area (Å²) in [4.78, 5) is 25.6. The zero-order valence-electron chi connectivity index (χ0n) is 16.9. The van der Waals surface area contributed by atoms with Gasteiger partial charge in [-0.15, -0.1) is 0 Å². The van der Waals surface area contributed by atoms with Crippen molar-refractivity contribution in [1.29, 1.82) is 0 Å². The highest BCUT2D eigenvalue weighted by molar-refractivity contribution is 5.79. The van der Waals surface area contributed by atoms with Crippen molar-refractivity contribution < 1.29 is 9.53 Å². The number of nitrogens with one attached hydrogen (secondary N) is 1. The van der Waals surface area contributed by atoms with E-state index < -0.39 is 0 Å². The van der Waals surface area contributed by atoms with Crippen molar-refractivity contribution in [1.82, 2.24) is 20.2 Å². The number of methoxy groups -OCH3 is 1. The molecule has 3 heterocycles. The lowest BCUT2D eigenvalue weighted by Crippen LogP contribution is -2.47. The van der Waals surface area contributed by atoms with Crippen LogP contribution in [0, 0.1) is 6.92 Å². The van der Waals surface area contributed by atoms with Crippen LogP contribution in [0.4, 0.5) is 5.82 Å². The summed E-state index contributed by atoms with van der Waals surface area (Å²) in [5.74, 6) is 2.16. The second-order valence-corrected chi connectivity index (χ2v) is 7.68. The van der Waals surface area contributed by atoms with Crippen molar-refractivity contribution in [2.45, 2.75) is 58.0 Å². The highest BCUT2D eigenvalue weighted by Crippen LogP contribution is 2.21. The van der Waals surface area contributed by atoms with Crippen LogP contribution in [-0.2, 0) is 16.0 Å². The molecule has 150 valence electrons. The third-order valence-corrected chi connectivity index (χ3v) is 5.45. The first kappa shape index (κ1) is 20.0. The molecule has 1 aromatic rings. The molecule has 0 aromatic carbocycles. The second kappa shape index (κ2) is 9.46. The molecule has 0 spiro atoms. The lowest BCUT2D eigenvalue weighted by molar-refractivity contribution is -0.128. The number of carbonyl (C=O) groups is 1. The van der Waals surface area contributed by atoms with Gasteiger partial charge in [0.2, 0.25) is 5.91 Å². The molecule has 2 aliphatic heterocycles. The fourth-order valence-electron chi connectivity index (χ4n) is 4.07. The van der Waals surface area contributed by atoms with Gasteiger partial charge in [-0.25, -0.2) is 9.97 Å². The molecule has 2 aliphatic rings. The molecule has 3 rings (SSSR count). The zero-order valence-corrected chi connectivity index (χ0v) is 16.9. The topological polar surface area (TPSA) is 70.6 Å². The van der Waals surface area contributed by atoms with Gasteiger partial charge >= 0.3 is 0 Å². The molecule has 0 bridgehead atoms. The Morgan fingerprint density at radius 3 is 2.74 bits per heavy atom. The van der Waals surface area contributed by atoms with Crippen molar-refractivity contribution in [3.63, 3.8) is 0 Å². The molecular formula is C20H33N5O2. The van der Waals surface area contributed by atoms with Crippen LogP contribution in [0.3, 0.4) is 0 Å². The van der Waals surface area contributed by atoms with Crippen molar-refractivity contribution in [2.75, 3.05) is 44.8 Å². The van der Waals surface area contributed by atoms with Crippen LogP contribution in [0.2, 0.25) is 0 Å². The molecule has 0 aliphatic carbocycles. The molecule has 7 heteroatoms. The summed E-state index contributed by atoms with van der Waals surface area (Å²) in [7, 11) is 1.68. The minimum absolute atomic E-state index is 0.238. The molecular weight excluding hydrogens is 342 g/mol. The predicted molar refractivity (Wildman–Crippen MR) is 106 cm³/mol. The summed E-state index contributed by atoms with van der Waals surface area (Å²) in [6.45, 7) is 8.24. The van der Waals surface area contributed by atoms with E-state index in [1.54, 1.807) is 7.11 Å². The van der Waals surface area contributed by atoms with Gasteiger partial charge in [-0.2, -0.15) is 0 Å². The summed E-state index contributed by atoms with van der Waals surface area (Å²) >= 11 is 0. The number of ether oxygens (including phenoxy) is 1. The molecule has 7 nitrogen and oxygen atoms in total. The number of nitrogens with zero attached hydrogens (tertiary/aromatic N) is 4. The molecule has 0 radical (unpaired) electrons. The fraction of sp³-hybridized carbons (Fsp3) is 0.750. The monoisotopic (exact) mass is 375 g/mol. The Labute approximate surface area is 162 Å². The molecule has 1 N–H and O–H groups in total. The standard InChI is InChI=1S/C20H33N5O2/c1-4-5-17-12-19(22-15(2)21-17)24-8-6-16(7-9-24)23-18-13-20(26)25(14-18)10-11-27-3/h12,16,18,23H,4-11,13-14H2,1-3H3/t18-/m0/s1. The van der Waals surface area contributed by atoms with Gasteiger partial charge < -0.3 is 19.9 Å². The number of aryl methyl sites for hydroxylation is 2. The van der Waals surface area contributed by atoms with Crippen LogP contribution < -0.4 is 10.2 Å². The van der Waals surface area contributed by atoms with Crippen LogP contribution in [0.25, 0.3) is 0 Å². The van der Waals surface area contributed by atoms with Crippen LogP contribution >= 0.6 is 0 Å². The molecule has 0 saturated carbocycles. The number of carbonyl (C=O) groups excluding carboxylic acids is 1. The van der Waals surface area contributed by atoms with Crippen LogP contribution in [0.15, 0.2) is 6.07 Å². The van der Waals surface area contributed by atoms with Crippen molar-refractivity contribution in [3.8, 4) is 0 Å². The normalized spacial score (nSPS) is 21.3. The highest BCUT2D eigenvalue weighted by atomic mass is 16.5. The molecule has 2 fully saturated rings. The Hall–Kier alpha value is -1.73. The number of aromatic nitrogens is 2. The number of piperidine rings is 1. The van der Waals surface area contributed by atoms with Gasteiger partial charge in [0.05, 0.1) is 6.61 Å². The number of rotatable bonds is 8. The van der Waals surface area contributed by atoms with Gasteiger partial charge in [0.15, 0.2) is 0 Å². The van der Waals surface area contributed by atoms with E-state index in [1.807, 2.05) is 11.8 Å². The molecule has 0 unspecified atom stereocenters. The van der Waals surface area contributed by atoms with Gasteiger partial charge in [-0.3, -0.25) is 4.79 Å². The summed E-state index contributed by atoms with van der Waals surface area (Å²) < 4.78 is 5.09. The summed E-state index contributed by atoms with van der Waals surface area (Å²) in [6, 6.07) is 2.89. The Kier molecular flexibility index (Phi) is 7.01. The number of hydrogen-bond donors (Lipinski definition) is 1. The Morgan fingerprint density at radius 2 is 2.04 bits per heavy atom. The second-order valence-electron chi connectivity index (χ2n) is 7.68. The van der Waals surface area contributed by atoms with Gasteiger partial charge in [-0.1, -0.05) is 13.3 Å². The van der Waals surface area contributed by atoms with E-state index in [2.05, 4.69) is 33.2 Å². The maximum absolute atomic E-state index is 12.1. The number of amides is 1. The fourth-order valence-corrected chi connectivity index (χ4v) is 4.07. The Bertz CT molecular complexity index is 631. The van der Waals surface area contributed by atoms with Crippen LogP contribution in [0.1, 0.15) is 44.1 Å². The third kappa shape index (κ3) is 5.39. The zero-order chi connectivity index (χ0) is 19.2. The van der Waals surface area contributed by atoms with E-state index in [1.165, 1.54) is 0 Å². The Balaban J connectivity index is 1.49. The third-order valence-electron chi connectivity index (χ3n) is 5.45. The van der Waals surface area contributed by atoms with Crippen molar-refractivity contribution in [2.24, 2.45) is 0 Å². The maximum atomic E-state index is 12.1. The van der Waals surface area contributed by atoms with E-state index in [4.69, 9.17) is 4.74 Å².